The van der Waals surface area contributed by atoms with Gasteiger partial charge in [-0.15, -0.1) is 0 Å². The molecule has 14 heavy (non-hydrogen) atoms. The van der Waals surface area contributed by atoms with Crippen molar-refractivity contribution in [3.63, 3.8) is 0 Å². The third kappa shape index (κ3) is 2.61. The zero-order valence-corrected chi connectivity index (χ0v) is 10.7. The molecule has 0 radical (unpaired) electrons. The quantitative estimate of drug-likeness (QED) is 0.750. The lowest BCUT2D eigenvalue weighted by Gasteiger charge is -2.39. The van der Waals surface area contributed by atoms with Crippen LogP contribution in [0.3, 0.4) is 0 Å². The molecule has 1 heterocycles. The van der Waals surface area contributed by atoms with E-state index in [9.17, 15) is 0 Å². The Bertz CT molecular complexity index is 198. The zero-order chi connectivity index (χ0) is 10.6. The molecule has 0 atom stereocenters. The first kappa shape index (κ1) is 12.3. The van der Waals surface area contributed by atoms with Crippen molar-refractivity contribution in [2.45, 2.75) is 30.9 Å². The summed E-state index contributed by atoms with van der Waals surface area (Å²) in [6.07, 6.45) is 5.58. The van der Waals surface area contributed by atoms with Crippen LogP contribution < -0.4 is 5.73 Å². The average Bonchev–Trinajstić information content (AvgIpc) is 2.19. The van der Waals surface area contributed by atoms with Crippen molar-refractivity contribution in [3.05, 3.63) is 0 Å². The summed E-state index contributed by atoms with van der Waals surface area (Å²) in [5.41, 5.74) is 5.82. The van der Waals surface area contributed by atoms with E-state index in [1.54, 1.807) is 0 Å². The Morgan fingerprint density at radius 2 is 2.07 bits per heavy atom. The molecule has 0 bridgehead atoms. The van der Waals surface area contributed by atoms with Crippen LogP contribution in [0.4, 0.5) is 0 Å². The van der Waals surface area contributed by atoms with Crippen molar-refractivity contribution in [1.82, 2.24) is 4.90 Å². The summed E-state index contributed by atoms with van der Waals surface area (Å²) in [4.78, 5) is 3.20. The molecule has 1 saturated heterocycles. The molecule has 2 N–H and O–H groups in total. The van der Waals surface area contributed by atoms with Crippen molar-refractivity contribution in [2.75, 3.05) is 25.9 Å². The van der Waals surface area contributed by atoms with E-state index < -0.39 is 0 Å². The molecule has 2 nitrogen and oxygen atoms in total. The maximum atomic E-state index is 5.82. The first-order chi connectivity index (χ1) is 6.64. The fourth-order valence-corrected chi connectivity index (χ4v) is 3.25. The Morgan fingerprint density at radius 3 is 2.43 bits per heavy atom. The highest BCUT2D eigenvalue weighted by molar-refractivity contribution is 8.01. The van der Waals surface area contributed by atoms with E-state index in [4.69, 9.17) is 18.0 Å². The van der Waals surface area contributed by atoms with Crippen LogP contribution in [0.1, 0.15) is 26.2 Å². The Kier molecular flexibility index (Phi) is 4.67. The van der Waals surface area contributed by atoms with Gasteiger partial charge < -0.3 is 10.6 Å². The number of nitrogens with zero attached hydrogens (tertiary/aromatic N) is 1. The summed E-state index contributed by atoms with van der Waals surface area (Å²) < 4.78 is 0.0829. The number of nitrogens with two attached hydrogens (primary N) is 1. The molecule has 82 valence electrons. The molecule has 4 heteroatoms. The fourth-order valence-electron chi connectivity index (χ4n) is 2.01. The van der Waals surface area contributed by atoms with Crippen molar-refractivity contribution in [2.24, 2.45) is 5.73 Å². The molecule has 0 aromatic rings. The topological polar surface area (TPSA) is 29.3 Å². The van der Waals surface area contributed by atoms with Gasteiger partial charge in [0.05, 0.1) is 9.74 Å². The molecule has 1 aliphatic heterocycles. The van der Waals surface area contributed by atoms with Crippen LogP contribution >= 0.6 is 24.0 Å². The molecule has 0 aromatic heterocycles. The summed E-state index contributed by atoms with van der Waals surface area (Å²) in [5, 5.41) is 0. The zero-order valence-electron chi connectivity index (χ0n) is 9.08. The fraction of sp³-hybridized carbons (Fsp3) is 0.900. The van der Waals surface area contributed by atoms with E-state index in [1.165, 1.54) is 13.0 Å². The van der Waals surface area contributed by atoms with Gasteiger partial charge in [0.15, 0.2) is 0 Å². The van der Waals surface area contributed by atoms with Crippen molar-refractivity contribution in [1.29, 1.82) is 0 Å². The SMILES string of the molecule is CCCN1CCC(SC)(C(N)=S)CC1. The van der Waals surface area contributed by atoms with Crippen LogP contribution in [0.5, 0.6) is 0 Å². The van der Waals surface area contributed by atoms with Gasteiger partial charge in [0.2, 0.25) is 0 Å². The molecule has 0 saturated carbocycles. The van der Waals surface area contributed by atoms with Gasteiger partial charge in [-0.2, -0.15) is 11.8 Å². The lowest BCUT2D eigenvalue weighted by atomic mass is 9.95. The van der Waals surface area contributed by atoms with Crippen molar-refractivity contribution in [3.8, 4) is 0 Å². The van der Waals surface area contributed by atoms with E-state index in [0.29, 0.717) is 4.99 Å². The van der Waals surface area contributed by atoms with Crippen LogP contribution in [0.25, 0.3) is 0 Å². The average molecular weight is 232 g/mol. The number of thioether (sulfide) groups is 1. The maximum absolute atomic E-state index is 5.82. The second-order valence-corrected chi connectivity index (χ2v) is 5.53. The minimum Gasteiger partial charge on any atom is -0.392 e. The largest absolute Gasteiger partial charge is 0.392 e. The predicted molar refractivity (Wildman–Crippen MR) is 69.0 cm³/mol. The molecule has 1 fully saturated rings. The smallest absolute Gasteiger partial charge is 0.0891 e. The van der Waals surface area contributed by atoms with E-state index in [0.717, 1.165) is 25.9 Å². The number of likely N-dealkylation sites (tertiary alicyclic amines) is 1. The predicted octanol–water partition coefficient (Wildman–Crippen LogP) is 1.88. The third-order valence-electron chi connectivity index (χ3n) is 3.04. The lowest BCUT2D eigenvalue weighted by Crippen LogP contribution is -2.49. The summed E-state index contributed by atoms with van der Waals surface area (Å²) in [5.74, 6) is 0. The Morgan fingerprint density at radius 1 is 1.50 bits per heavy atom. The Hall–Kier alpha value is 0.200. The molecule has 0 amide bonds. The standard InChI is InChI=1S/C10H20N2S2/c1-3-6-12-7-4-10(14-2,5-8-12)9(11)13/h3-8H2,1-2H3,(H2,11,13). The van der Waals surface area contributed by atoms with Gasteiger partial charge in [-0.05, 0) is 45.2 Å². The number of piperidine rings is 1. The molecular weight excluding hydrogens is 212 g/mol. The van der Waals surface area contributed by atoms with Gasteiger partial charge in [-0.1, -0.05) is 19.1 Å². The second-order valence-electron chi connectivity index (χ2n) is 3.90. The van der Waals surface area contributed by atoms with E-state index in [2.05, 4.69) is 18.1 Å². The first-order valence-electron chi connectivity index (χ1n) is 5.22. The molecular formula is C10H20N2S2. The minimum absolute atomic E-state index is 0.0829. The molecule has 0 aliphatic carbocycles. The first-order valence-corrected chi connectivity index (χ1v) is 6.85. The number of thiocarbonyl (C=S) groups is 1. The highest BCUT2D eigenvalue weighted by Crippen LogP contribution is 2.34. The maximum Gasteiger partial charge on any atom is 0.0891 e. The third-order valence-corrected chi connectivity index (χ3v) is 4.97. The van der Waals surface area contributed by atoms with Gasteiger partial charge in [0.1, 0.15) is 0 Å². The second kappa shape index (κ2) is 5.33. The molecule has 0 unspecified atom stereocenters. The van der Waals surface area contributed by atoms with Gasteiger partial charge in [-0.25, -0.2) is 0 Å². The van der Waals surface area contributed by atoms with Crippen molar-refractivity contribution < 1.29 is 0 Å². The van der Waals surface area contributed by atoms with Gasteiger partial charge >= 0.3 is 0 Å². The van der Waals surface area contributed by atoms with Gasteiger partial charge in [0, 0.05) is 0 Å². The van der Waals surface area contributed by atoms with E-state index >= 15 is 0 Å². The number of hydrogen-bond acceptors (Lipinski definition) is 3. The number of hydrogen-bond donors (Lipinski definition) is 1. The van der Waals surface area contributed by atoms with Crippen LogP contribution in [0.15, 0.2) is 0 Å². The lowest BCUT2D eigenvalue weighted by molar-refractivity contribution is 0.221. The molecule has 0 spiro atoms. The van der Waals surface area contributed by atoms with Crippen LogP contribution in [-0.2, 0) is 0 Å². The summed E-state index contributed by atoms with van der Waals surface area (Å²) in [6, 6.07) is 0. The van der Waals surface area contributed by atoms with Gasteiger partial charge in [-0.3, -0.25) is 0 Å². The summed E-state index contributed by atoms with van der Waals surface area (Å²) >= 11 is 7.00. The molecule has 1 aliphatic rings. The highest BCUT2D eigenvalue weighted by Gasteiger charge is 2.36. The van der Waals surface area contributed by atoms with E-state index in [1.807, 2.05) is 11.8 Å². The van der Waals surface area contributed by atoms with E-state index in [-0.39, 0.29) is 4.75 Å². The van der Waals surface area contributed by atoms with Crippen LogP contribution in [0.2, 0.25) is 0 Å². The monoisotopic (exact) mass is 232 g/mol. The molecule has 1 rings (SSSR count). The highest BCUT2D eigenvalue weighted by atomic mass is 32.2. The molecule has 0 aromatic carbocycles. The summed E-state index contributed by atoms with van der Waals surface area (Å²) in [7, 11) is 0. The van der Waals surface area contributed by atoms with Crippen molar-refractivity contribution >= 4 is 29.0 Å². The Labute approximate surface area is 96.6 Å². The summed E-state index contributed by atoms with van der Waals surface area (Å²) in [6.45, 7) is 5.73. The minimum atomic E-state index is 0.0829. The normalized spacial score (nSPS) is 22.1. The number of rotatable bonds is 4. The van der Waals surface area contributed by atoms with Crippen LogP contribution in [0, 0.1) is 0 Å². The Balaban J connectivity index is 2.50. The van der Waals surface area contributed by atoms with Gasteiger partial charge in [0.25, 0.3) is 0 Å². The van der Waals surface area contributed by atoms with Crippen LogP contribution in [-0.4, -0.2) is 40.5 Å².